The highest BCUT2D eigenvalue weighted by Gasteiger charge is 2.05. The number of aromatic nitrogens is 2. The van der Waals surface area contributed by atoms with Gasteiger partial charge < -0.3 is 4.74 Å². The topological polar surface area (TPSA) is 44.1 Å². The summed E-state index contributed by atoms with van der Waals surface area (Å²) in [4.78, 5) is 10.8. The molecule has 0 unspecified atom stereocenters. The first-order chi connectivity index (χ1) is 7.06. The summed E-state index contributed by atoms with van der Waals surface area (Å²) in [6, 6.07) is 0. The lowest BCUT2D eigenvalue weighted by Crippen LogP contribution is -1.97. The second kappa shape index (κ2) is 4.65. The molecule has 0 atom stereocenters. The zero-order valence-electron chi connectivity index (χ0n) is 9.42. The molecule has 80 valence electrons. The van der Waals surface area contributed by atoms with Gasteiger partial charge in [-0.1, -0.05) is 11.8 Å². The first-order valence-corrected chi connectivity index (χ1v) is 4.62. The van der Waals surface area contributed by atoms with Crippen LogP contribution in [-0.2, 0) is 16.6 Å². The lowest BCUT2D eigenvalue weighted by atomic mass is 10.2. The van der Waals surface area contributed by atoms with Gasteiger partial charge in [-0.25, -0.2) is 0 Å². The predicted molar refractivity (Wildman–Crippen MR) is 56.2 cm³/mol. The van der Waals surface area contributed by atoms with Crippen LogP contribution in [0.3, 0.4) is 0 Å². The van der Waals surface area contributed by atoms with Crippen LogP contribution in [0.4, 0.5) is 0 Å². The van der Waals surface area contributed by atoms with Gasteiger partial charge in [0.2, 0.25) is 0 Å². The maximum Gasteiger partial charge on any atom is 0.317 e. The Morgan fingerprint density at radius 2 is 2.20 bits per heavy atom. The average molecular weight is 206 g/mol. The Morgan fingerprint density at radius 1 is 1.53 bits per heavy atom. The van der Waals surface area contributed by atoms with Crippen molar-refractivity contribution in [2.24, 2.45) is 7.05 Å². The number of carbonyl (C=O) groups excluding carboxylic acids is 1. The van der Waals surface area contributed by atoms with Gasteiger partial charge in [-0.05, 0) is 13.8 Å². The molecule has 0 saturated heterocycles. The van der Waals surface area contributed by atoms with Crippen molar-refractivity contribution < 1.29 is 9.53 Å². The van der Waals surface area contributed by atoms with Crippen LogP contribution in [0.15, 0.2) is 0 Å². The Kier molecular flexibility index (Phi) is 3.51. The Bertz CT molecular complexity index is 435. The van der Waals surface area contributed by atoms with Gasteiger partial charge in [-0.15, -0.1) is 0 Å². The molecule has 4 heteroatoms. The highest BCUT2D eigenvalue weighted by molar-refractivity contribution is 5.72. The van der Waals surface area contributed by atoms with E-state index >= 15 is 0 Å². The van der Waals surface area contributed by atoms with Crippen molar-refractivity contribution in [2.75, 3.05) is 7.11 Å². The molecule has 4 nitrogen and oxygen atoms in total. The van der Waals surface area contributed by atoms with Crippen LogP contribution >= 0.6 is 0 Å². The van der Waals surface area contributed by atoms with E-state index in [1.807, 2.05) is 20.9 Å². The number of hydrogen-bond donors (Lipinski definition) is 0. The molecule has 1 aromatic heterocycles. The van der Waals surface area contributed by atoms with E-state index < -0.39 is 0 Å². The summed E-state index contributed by atoms with van der Waals surface area (Å²) in [6.07, 6.45) is 0.115. The third-order valence-electron chi connectivity index (χ3n) is 2.18. The van der Waals surface area contributed by atoms with E-state index in [0.29, 0.717) is 0 Å². The largest absolute Gasteiger partial charge is 0.468 e. The highest BCUT2D eigenvalue weighted by atomic mass is 16.5. The molecular formula is C11H14N2O2. The number of esters is 1. The molecular weight excluding hydrogens is 192 g/mol. The number of rotatable bonds is 1. The second-order valence-electron chi connectivity index (χ2n) is 3.22. The first-order valence-electron chi connectivity index (χ1n) is 4.62. The van der Waals surface area contributed by atoms with Crippen LogP contribution < -0.4 is 0 Å². The SMILES string of the molecule is COC(=O)CC#Cc1c(C)nn(C)c1C. The minimum atomic E-state index is -0.318. The van der Waals surface area contributed by atoms with E-state index in [1.165, 1.54) is 7.11 Å². The van der Waals surface area contributed by atoms with Crippen LogP contribution in [0.5, 0.6) is 0 Å². The lowest BCUT2D eigenvalue weighted by Gasteiger charge is -1.92. The summed E-state index contributed by atoms with van der Waals surface area (Å²) in [5.74, 6) is 5.38. The van der Waals surface area contributed by atoms with E-state index in [-0.39, 0.29) is 12.4 Å². The van der Waals surface area contributed by atoms with Gasteiger partial charge in [0.1, 0.15) is 6.42 Å². The average Bonchev–Trinajstić information content (AvgIpc) is 2.44. The zero-order chi connectivity index (χ0) is 11.4. The summed E-state index contributed by atoms with van der Waals surface area (Å²) >= 11 is 0. The predicted octanol–water partition coefficient (Wildman–Crippen LogP) is 0.952. The number of ether oxygens (including phenoxy) is 1. The molecule has 0 fully saturated rings. The number of aryl methyl sites for hydroxylation is 2. The summed E-state index contributed by atoms with van der Waals surface area (Å²) in [7, 11) is 3.22. The van der Waals surface area contributed by atoms with Gasteiger partial charge >= 0.3 is 5.97 Å². The van der Waals surface area contributed by atoms with E-state index in [4.69, 9.17) is 0 Å². The van der Waals surface area contributed by atoms with E-state index in [0.717, 1.165) is 17.0 Å². The number of carbonyl (C=O) groups is 1. The summed E-state index contributed by atoms with van der Waals surface area (Å²) in [5.41, 5.74) is 2.78. The third-order valence-corrected chi connectivity index (χ3v) is 2.18. The number of methoxy groups -OCH3 is 1. The van der Waals surface area contributed by atoms with Crippen molar-refractivity contribution in [1.29, 1.82) is 0 Å². The van der Waals surface area contributed by atoms with Crippen LogP contribution in [-0.4, -0.2) is 22.9 Å². The van der Waals surface area contributed by atoms with E-state index in [2.05, 4.69) is 21.7 Å². The van der Waals surface area contributed by atoms with Crippen LogP contribution in [0.25, 0.3) is 0 Å². The van der Waals surface area contributed by atoms with Crippen LogP contribution in [0, 0.1) is 25.7 Å². The normalized spacial score (nSPS) is 9.33. The molecule has 0 radical (unpaired) electrons. The molecule has 15 heavy (non-hydrogen) atoms. The lowest BCUT2D eigenvalue weighted by molar-refractivity contribution is -0.139. The standard InChI is InChI=1S/C11H14N2O2/c1-8-10(9(2)13(3)12-8)6-5-7-11(14)15-4/h7H2,1-4H3. The molecule has 0 aliphatic heterocycles. The van der Waals surface area contributed by atoms with Crippen LogP contribution in [0.2, 0.25) is 0 Å². The van der Waals surface area contributed by atoms with E-state index in [1.54, 1.807) is 4.68 Å². The minimum absolute atomic E-state index is 0.115. The molecule has 0 bridgehead atoms. The molecule has 0 amide bonds. The Morgan fingerprint density at radius 3 is 2.67 bits per heavy atom. The Balaban J connectivity index is 2.84. The molecule has 1 heterocycles. The fourth-order valence-electron chi connectivity index (χ4n) is 1.23. The Labute approximate surface area is 89.2 Å². The minimum Gasteiger partial charge on any atom is -0.468 e. The summed E-state index contributed by atoms with van der Waals surface area (Å²) in [5, 5.41) is 4.23. The van der Waals surface area contributed by atoms with Gasteiger partial charge in [0.25, 0.3) is 0 Å². The fourth-order valence-corrected chi connectivity index (χ4v) is 1.23. The third kappa shape index (κ3) is 2.59. The molecule has 1 rings (SSSR count). The molecule has 0 spiro atoms. The molecule has 0 N–H and O–H groups in total. The maximum atomic E-state index is 10.8. The molecule has 0 aliphatic carbocycles. The van der Waals surface area contributed by atoms with Gasteiger partial charge in [0, 0.05) is 7.05 Å². The monoisotopic (exact) mass is 206 g/mol. The fraction of sp³-hybridized carbons (Fsp3) is 0.455. The highest BCUT2D eigenvalue weighted by Crippen LogP contribution is 2.09. The zero-order valence-corrected chi connectivity index (χ0v) is 9.42. The quantitative estimate of drug-likeness (QED) is 0.507. The van der Waals surface area contributed by atoms with E-state index in [9.17, 15) is 4.79 Å². The summed E-state index contributed by atoms with van der Waals surface area (Å²) < 4.78 is 6.27. The molecule has 0 saturated carbocycles. The van der Waals surface area contributed by atoms with Crippen molar-refractivity contribution in [2.45, 2.75) is 20.3 Å². The number of hydrogen-bond acceptors (Lipinski definition) is 3. The smallest absolute Gasteiger partial charge is 0.317 e. The molecule has 0 aliphatic rings. The Hall–Kier alpha value is -1.76. The van der Waals surface area contributed by atoms with Gasteiger partial charge in [0.15, 0.2) is 0 Å². The summed E-state index contributed by atoms with van der Waals surface area (Å²) in [6.45, 7) is 3.84. The van der Waals surface area contributed by atoms with Gasteiger partial charge in [0.05, 0.1) is 24.1 Å². The number of nitrogens with zero attached hydrogens (tertiary/aromatic N) is 2. The van der Waals surface area contributed by atoms with Crippen molar-refractivity contribution >= 4 is 5.97 Å². The van der Waals surface area contributed by atoms with Crippen molar-refractivity contribution in [3.05, 3.63) is 17.0 Å². The molecule has 0 aromatic carbocycles. The van der Waals surface area contributed by atoms with Crippen LogP contribution in [0.1, 0.15) is 23.4 Å². The van der Waals surface area contributed by atoms with Crippen molar-refractivity contribution in [3.8, 4) is 11.8 Å². The van der Waals surface area contributed by atoms with Gasteiger partial charge in [-0.2, -0.15) is 5.10 Å². The van der Waals surface area contributed by atoms with Crippen molar-refractivity contribution in [1.82, 2.24) is 9.78 Å². The second-order valence-corrected chi connectivity index (χ2v) is 3.22. The first kappa shape index (κ1) is 11.3. The molecule has 1 aromatic rings. The van der Waals surface area contributed by atoms with Gasteiger partial charge in [-0.3, -0.25) is 9.48 Å². The maximum absolute atomic E-state index is 10.8. The van der Waals surface area contributed by atoms with Crippen molar-refractivity contribution in [3.63, 3.8) is 0 Å².